The van der Waals surface area contributed by atoms with E-state index < -0.39 is 16.1 Å². The molecule has 5 heterocycles. The number of hydrogen-bond acceptors (Lipinski definition) is 14. The second-order valence-electron chi connectivity index (χ2n) is 16.7. The predicted octanol–water partition coefficient (Wildman–Crippen LogP) is 7.14. The average molecular weight is 976 g/mol. The van der Waals surface area contributed by atoms with Crippen molar-refractivity contribution in [3.8, 4) is 23.3 Å². The Hall–Kier alpha value is -7.65. The molecule has 9 rings (SSSR count). The van der Waals surface area contributed by atoms with E-state index in [9.17, 15) is 28.5 Å². The highest BCUT2D eigenvalue weighted by Crippen LogP contribution is 2.36. The first kappa shape index (κ1) is 47.4. The smallest absolute Gasteiger partial charge is 0.262 e. The van der Waals surface area contributed by atoms with Crippen LogP contribution in [0.15, 0.2) is 120 Å². The van der Waals surface area contributed by atoms with Crippen LogP contribution in [-0.4, -0.2) is 111 Å². The van der Waals surface area contributed by atoms with E-state index in [2.05, 4.69) is 47.3 Å². The number of aromatic amines is 1. The van der Waals surface area contributed by atoms with Crippen LogP contribution in [0.25, 0.3) is 22.0 Å². The predicted molar refractivity (Wildman–Crippen MR) is 268 cm³/mol. The molecular weight excluding hydrogens is 927 g/mol. The number of amides is 2. The van der Waals surface area contributed by atoms with Gasteiger partial charge in [-0.3, -0.25) is 24.5 Å². The lowest BCUT2D eigenvalue weighted by atomic mass is 10.0. The van der Waals surface area contributed by atoms with E-state index >= 15 is 0 Å². The minimum Gasteiger partial charge on any atom is -0.382 e. The van der Waals surface area contributed by atoms with Gasteiger partial charge in [0.15, 0.2) is 5.13 Å². The van der Waals surface area contributed by atoms with Gasteiger partial charge in [-0.15, -0.1) is 11.3 Å². The molecule has 1 fully saturated rings. The van der Waals surface area contributed by atoms with Crippen LogP contribution >= 0.6 is 11.3 Å². The van der Waals surface area contributed by atoms with Crippen molar-refractivity contribution in [3.63, 3.8) is 0 Å². The summed E-state index contributed by atoms with van der Waals surface area (Å²) in [5, 5.41) is 28.2. The normalized spacial score (nSPS) is 14.2. The molecule has 2 aliphatic rings. The molecule has 2 amide bonds. The summed E-state index contributed by atoms with van der Waals surface area (Å²) in [7, 11) is -4.05. The molecule has 1 unspecified atom stereocenters. The number of nitrogens with one attached hydrogen (secondary N) is 4. The highest BCUT2D eigenvalue weighted by molar-refractivity contribution is 7.92. The van der Waals surface area contributed by atoms with E-state index in [0.717, 1.165) is 66.4 Å². The van der Waals surface area contributed by atoms with Crippen LogP contribution in [0.3, 0.4) is 0 Å². The number of ether oxygens (including phenoxy) is 2. The molecule has 356 valence electrons. The van der Waals surface area contributed by atoms with Crippen LogP contribution < -0.4 is 20.3 Å². The van der Waals surface area contributed by atoms with Gasteiger partial charge in [-0.2, -0.15) is 10.5 Å². The SMILES string of the molecule is Cc1ccc(NS(=O)(=O)c2ccc(NCCOCCOCCN3CCN(c4ccc(-c5ccc6c(c5)C(=O)N(C(C(=O)Nc5nccs5)c5ccccc5)C6)cn4)CC3)c(C#N)c2)c2[nH]cc(C#N)c12. The Balaban J connectivity index is 0.678. The summed E-state index contributed by atoms with van der Waals surface area (Å²) in [5.41, 5.74) is 6.67. The van der Waals surface area contributed by atoms with Gasteiger partial charge in [0.2, 0.25) is 0 Å². The Morgan fingerprint density at radius 2 is 1.64 bits per heavy atom. The van der Waals surface area contributed by atoms with Gasteiger partial charge in [0, 0.05) is 86.3 Å². The summed E-state index contributed by atoms with van der Waals surface area (Å²) in [6, 6.07) is 30.3. The molecule has 17 nitrogen and oxygen atoms in total. The zero-order valence-electron chi connectivity index (χ0n) is 38.2. The number of sulfonamides is 1. The van der Waals surface area contributed by atoms with Crippen LogP contribution in [0.2, 0.25) is 0 Å². The molecule has 2 aliphatic heterocycles. The topological polar surface area (TPSA) is 222 Å². The number of H-pyrrole nitrogens is 1. The third kappa shape index (κ3) is 10.5. The van der Waals surface area contributed by atoms with Crippen molar-refractivity contribution in [3.05, 3.63) is 148 Å². The van der Waals surface area contributed by atoms with Crippen LogP contribution in [0.1, 0.15) is 44.2 Å². The molecule has 3 aromatic heterocycles. The van der Waals surface area contributed by atoms with Gasteiger partial charge >= 0.3 is 0 Å². The summed E-state index contributed by atoms with van der Waals surface area (Å²) < 4.78 is 40.8. The first-order chi connectivity index (χ1) is 34.1. The van der Waals surface area contributed by atoms with Crippen LogP contribution in [-0.2, 0) is 30.8 Å². The number of hydrogen-bond donors (Lipinski definition) is 4. The summed E-state index contributed by atoms with van der Waals surface area (Å²) in [4.78, 5) is 45.7. The van der Waals surface area contributed by atoms with E-state index in [4.69, 9.17) is 14.5 Å². The molecule has 0 saturated carbocycles. The molecule has 70 heavy (non-hydrogen) atoms. The number of piperazine rings is 1. The first-order valence-electron chi connectivity index (χ1n) is 22.7. The monoisotopic (exact) mass is 975 g/mol. The lowest BCUT2D eigenvalue weighted by Crippen LogP contribution is -2.47. The van der Waals surface area contributed by atoms with Crippen molar-refractivity contribution >= 4 is 66.4 Å². The van der Waals surface area contributed by atoms with Crippen molar-refractivity contribution in [1.82, 2.24) is 24.8 Å². The Morgan fingerprint density at radius 1 is 0.871 bits per heavy atom. The van der Waals surface area contributed by atoms with Crippen LogP contribution in [0.5, 0.6) is 0 Å². The van der Waals surface area contributed by atoms with Gasteiger partial charge in [0.25, 0.3) is 21.8 Å². The minimum atomic E-state index is -4.05. The molecule has 0 bridgehead atoms. The quantitative estimate of drug-likeness (QED) is 0.0593. The minimum absolute atomic E-state index is 0.0675. The average Bonchev–Trinajstić information content (AvgIpc) is 4.15. The van der Waals surface area contributed by atoms with Gasteiger partial charge < -0.3 is 29.6 Å². The molecule has 0 spiro atoms. The molecular formula is C51H49N11O6S2. The molecule has 0 aliphatic carbocycles. The van der Waals surface area contributed by atoms with Gasteiger partial charge in [-0.05, 0) is 71.6 Å². The second kappa shape index (κ2) is 21.3. The number of carbonyl (C=O) groups is 2. The summed E-state index contributed by atoms with van der Waals surface area (Å²) in [5.74, 6) is 0.375. The van der Waals surface area contributed by atoms with E-state index in [0.29, 0.717) is 78.1 Å². The standard InChI is InChI=1S/C51H49N11O6S2/c1-34-7-12-44(47-46(34)40(30-53)32-57-47)59-70(65,66)41-11-13-43(39(27-41)29-52)54-15-22-67-24-25-68-23-21-60-17-19-61(20-18-60)45-14-10-37(31-56-45)36-8-9-38-33-62(50(64)42(38)28-36)48(35-5-3-2-4-6-35)49(63)58-51-55-16-26-69-51/h2-14,16,26-28,31-32,48,54,57,59H,15,17-25,33H2,1H3,(H,55,58,63). The number of pyridine rings is 1. The number of nitrogens with zero attached hydrogens (tertiary/aromatic N) is 7. The van der Waals surface area contributed by atoms with Crippen molar-refractivity contribution in [2.75, 3.05) is 86.0 Å². The number of aromatic nitrogens is 3. The summed E-state index contributed by atoms with van der Waals surface area (Å²) in [6.45, 7) is 8.49. The van der Waals surface area contributed by atoms with E-state index in [1.165, 1.54) is 23.5 Å². The van der Waals surface area contributed by atoms with Crippen molar-refractivity contribution < 1.29 is 27.5 Å². The fraction of sp³-hybridized carbons (Fsp3) is 0.255. The lowest BCUT2D eigenvalue weighted by Gasteiger charge is -2.35. The van der Waals surface area contributed by atoms with Crippen LogP contribution in [0.4, 0.5) is 22.3 Å². The van der Waals surface area contributed by atoms with Gasteiger partial charge in [-0.25, -0.2) is 18.4 Å². The maximum Gasteiger partial charge on any atom is 0.262 e. The van der Waals surface area contributed by atoms with E-state index in [-0.39, 0.29) is 22.3 Å². The molecule has 0 radical (unpaired) electrons. The zero-order chi connectivity index (χ0) is 48.6. The van der Waals surface area contributed by atoms with Crippen LogP contribution in [0, 0.1) is 29.6 Å². The number of benzene rings is 4. The number of rotatable bonds is 19. The maximum atomic E-state index is 14.0. The fourth-order valence-electron chi connectivity index (χ4n) is 8.73. The largest absolute Gasteiger partial charge is 0.382 e. The summed E-state index contributed by atoms with van der Waals surface area (Å²) >= 11 is 1.33. The Kier molecular flexibility index (Phi) is 14.4. The van der Waals surface area contributed by atoms with Crippen molar-refractivity contribution in [1.29, 1.82) is 10.5 Å². The second-order valence-corrected chi connectivity index (χ2v) is 19.3. The third-order valence-electron chi connectivity index (χ3n) is 12.4. The van der Waals surface area contributed by atoms with E-state index in [1.807, 2.05) is 73.8 Å². The maximum absolute atomic E-state index is 14.0. The first-order valence-corrected chi connectivity index (χ1v) is 25.1. The fourth-order valence-corrected chi connectivity index (χ4v) is 10.4. The molecule has 4 aromatic carbocycles. The Morgan fingerprint density at radius 3 is 2.39 bits per heavy atom. The van der Waals surface area contributed by atoms with Gasteiger partial charge in [-0.1, -0.05) is 48.5 Å². The van der Waals surface area contributed by atoms with Gasteiger partial charge in [0.05, 0.1) is 59.3 Å². The molecule has 1 saturated heterocycles. The zero-order valence-corrected chi connectivity index (χ0v) is 39.9. The number of nitriles is 2. The van der Waals surface area contributed by atoms with E-state index in [1.54, 1.807) is 40.9 Å². The van der Waals surface area contributed by atoms with Crippen molar-refractivity contribution in [2.24, 2.45) is 0 Å². The summed E-state index contributed by atoms with van der Waals surface area (Å²) in [6.07, 6.45) is 5.02. The molecule has 1 atom stereocenters. The van der Waals surface area contributed by atoms with Crippen molar-refractivity contribution in [2.45, 2.75) is 24.4 Å². The number of fused-ring (bicyclic) bond motifs is 2. The number of carbonyl (C=O) groups excluding carboxylic acids is 2. The molecule has 7 aromatic rings. The third-order valence-corrected chi connectivity index (χ3v) is 14.4. The molecule has 4 N–H and O–H groups in total. The number of anilines is 4. The lowest BCUT2D eigenvalue weighted by molar-refractivity contribution is -0.120. The molecule has 19 heteroatoms. The highest BCUT2D eigenvalue weighted by atomic mass is 32.2. The number of thiazole rings is 1. The Labute approximate surface area is 409 Å². The highest BCUT2D eigenvalue weighted by Gasteiger charge is 2.38. The Bertz CT molecular complexity index is 3200. The number of aryl methyl sites for hydroxylation is 1. The van der Waals surface area contributed by atoms with Gasteiger partial charge in [0.1, 0.15) is 24.0 Å².